The van der Waals surface area contributed by atoms with Crippen molar-refractivity contribution in [1.82, 2.24) is 8.63 Å². The summed E-state index contributed by atoms with van der Waals surface area (Å²) in [6.07, 6.45) is 1.60. The zero-order chi connectivity index (χ0) is 15.4. The third-order valence-electron chi connectivity index (χ3n) is 4.46. The molecular weight excluding hydrogens is 331 g/mol. The van der Waals surface area contributed by atoms with Gasteiger partial charge in [-0.05, 0) is 0 Å². The van der Waals surface area contributed by atoms with Gasteiger partial charge in [0.15, 0.2) is 0 Å². The van der Waals surface area contributed by atoms with Gasteiger partial charge in [-0.1, -0.05) is 0 Å². The second kappa shape index (κ2) is 4.82. The SMILES string of the molecule is CC1(C)CC(n2[se]c3ccccc3c2=O)CC(C)(C)N1O. The minimum atomic E-state index is -0.322. The van der Waals surface area contributed by atoms with E-state index in [2.05, 4.69) is 6.07 Å². The first kappa shape index (κ1) is 15.0. The molecule has 1 fully saturated rings. The Morgan fingerprint density at radius 2 is 1.71 bits per heavy atom. The van der Waals surface area contributed by atoms with Crippen LogP contribution in [-0.2, 0) is 0 Å². The van der Waals surface area contributed by atoms with Gasteiger partial charge in [-0.25, -0.2) is 0 Å². The van der Waals surface area contributed by atoms with Gasteiger partial charge in [0.05, 0.1) is 0 Å². The molecule has 1 aliphatic heterocycles. The van der Waals surface area contributed by atoms with Crippen molar-refractivity contribution >= 4 is 24.4 Å². The monoisotopic (exact) mass is 354 g/mol. The fourth-order valence-corrected chi connectivity index (χ4v) is 5.89. The molecule has 1 aromatic heterocycles. The number of hydrogen-bond donors (Lipinski definition) is 1. The van der Waals surface area contributed by atoms with Gasteiger partial charge in [0.1, 0.15) is 0 Å². The van der Waals surface area contributed by atoms with E-state index in [1.165, 1.54) is 9.32 Å². The Morgan fingerprint density at radius 3 is 2.29 bits per heavy atom. The summed E-state index contributed by atoms with van der Waals surface area (Å²) in [6.45, 7) is 8.17. The molecule has 0 aliphatic carbocycles. The van der Waals surface area contributed by atoms with Crippen molar-refractivity contribution in [2.24, 2.45) is 0 Å². The zero-order valence-corrected chi connectivity index (χ0v) is 14.7. The number of hydroxylamine groups is 2. The van der Waals surface area contributed by atoms with Crippen LogP contribution in [0, 0.1) is 0 Å². The average molecular weight is 353 g/mol. The van der Waals surface area contributed by atoms with Crippen LogP contribution in [0.25, 0.3) is 9.65 Å². The van der Waals surface area contributed by atoms with Crippen molar-refractivity contribution in [2.75, 3.05) is 0 Å². The normalized spacial score (nSPS) is 22.7. The van der Waals surface area contributed by atoms with Gasteiger partial charge in [-0.3, -0.25) is 0 Å². The zero-order valence-electron chi connectivity index (χ0n) is 13.0. The Labute approximate surface area is 130 Å². The molecule has 0 saturated carbocycles. The molecule has 0 spiro atoms. The van der Waals surface area contributed by atoms with Crippen LogP contribution in [0.3, 0.4) is 0 Å². The summed E-state index contributed by atoms with van der Waals surface area (Å²) in [5.41, 5.74) is -0.483. The molecule has 3 rings (SSSR count). The topological polar surface area (TPSA) is 45.5 Å². The second-order valence-electron chi connectivity index (χ2n) is 7.22. The van der Waals surface area contributed by atoms with E-state index in [0.717, 1.165) is 18.2 Å². The molecule has 0 bridgehead atoms. The molecule has 114 valence electrons. The second-order valence-corrected chi connectivity index (χ2v) is 9.35. The number of hydrogen-bond acceptors (Lipinski definition) is 3. The van der Waals surface area contributed by atoms with Gasteiger partial charge in [0, 0.05) is 0 Å². The third kappa shape index (κ3) is 2.42. The molecule has 1 aliphatic rings. The van der Waals surface area contributed by atoms with E-state index < -0.39 is 0 Å². The molecular formula is C16H22N2O2Se. The summed E-state index contributed by atoms with van der Waals surface area (Å²) < 4.78 is 3.23. The first-order valence-corrected chi connectivity index (χ1v) is 8.94. The van der Waals surface area contributed by atoms with Crippen LogP contribution < -0.4 is 5.56 Å². The van der Waals surface area contributed by atoms with E-state index in [1.807, 2.05) is 49.5 Å². The van der Waals surface area contributed by atoms with Gasteiger partial charge in [-0.2, -0.15) is 0 Å². The van der Waals surface area contributed by atoms with Gasteiger partial charge < -0.3 is 0 Å². The summed E-state index contributed by atoms with van der Waals surface area (Å²) >= 11 is 0.0577. The Morgan fingerprint density at radius 1 is 1.14 bits per heavy atom. The molecule has 1 saturated heterocycles. The van der Waals surface area contributed by atoms with Crippen molar-refractivity contribution in [1.29, 1.82) is 0 Å². The third-order valence-corrected chi connectivity index (χ3v) is 7.01. The van der Waals surface area contributed by atoms with Crippen LogP contribution in [0.15, 0.2) is 29.1 Å². The summed E-state index contributed by atoms with van der Waals surface area (Å²) in [5, 5.41) is 12.7. The van der Waals surface area contributed by atoms with E-state index >= 15 is 0 Å². The molecule has 2 aromatic rings. The molecule has 21 heavy (non-hydrogen) atoms. The minimum absolute atomic E-state index is 0.0577. The Balaban J connectivity index is 2.07. The summed E-state index contributed by atoms with van der Waals surface area (Å²) in [6, 6.07) is 8.11. The predicted octanol–water partition coefficient (Wildman–Crippen LogP) is 2.64. The molecule has 0 amide bonds. The molecule has 4 nitrogen and oxygen atoms in total. The molecule has 5 heteroatoms. The molecule has 0 radical (unpaired) electrons. The fraction of sp³-hybridized carbons (Fsp3) is 0.562. The number of fused-ring (bicyclic) bond motifs is 1. The van der Waals surface area contributed by atoms with Crippen LogP contribution in [0.4, 0.5) is 0 Å². The van der Waals surface area contributed by atoms with Crippen LogP contribution in [0.2, 0.25) is 0 Å². The number of nitrogens with zero attached hydrogens (tertiary/aromatic N) is 2. The quantitative estimate of drug-likeness (QED) is 0.802. The predicted molar refractivity (Wildman–Crippen MR) is 85.2 cm³/mol. The fourth-order valence-electron chi connectivity index (χ4n) is 3.61. The van der Waals surface area contributed by atoms with Crippen molar-refractivity contribution in [3.8, 4) is 0 Å². The first-order chi connectivity index (χ1) is 9.72. The van der Waals surface area contributed by atoms with E-state index in [0.29, 0.717) is 0 Å². The van der Waals surface area contributed by atoms with Gasteiger partial charge in [0.25, 0.3) is 0 Å². The van der Waals surface area contributed by atoms with E-state index in [-0.39, 0.29) is 37.4 Å². The standard InChI is InChI=1S/C16H22N2O2Se/c1-15(2)9-11(10-16(3,4)18(15)20)17-14(19)12-7-5-6-8-13(12)21-17/h5-8,11,20H,9-10H2,1-4H3. The number of aromatic nitrogens is 1. The molecule has 1 N–H and O–H groups in total. The van der Waals surface area contributed by atoms with Gasteiger partial charge in [-0.15, -0.1) is 0 Å². The average Bonchev–Trinajstić information content (AvgIpc) is 2.73. The van der Waals surface area contributed by atoms with E-state index in [4.69, 9.17) is 0 Å². The summed E-state index contributed by atoms with van der Waals surface area (Å²) in [5.74, 6) is 0. The number of benzene rings is 1. The van der Waals surface area contributed by atoms with Crippen molar-refractivity contribution in [2.45, 2.75) is 57.7 Å². The van der Waals surface area contributed by atoms with Crippen molar-refractivity contribution in [3.05, 3.63) is 34.6 Å². The van der Waals surface area contributed by atoms with Crippen LogP contribution >= 0.6 is 0 Å². The summed E-state index contributed by atoms with van der Waals surface area (Å²) in [4.78, 5) is 12.7. The van der Waals surface area contributed by atoms with Gasteiger partial charge >= 0.3 is 130 Å². The Bertz CT molecular complexity index is 711. The maximum absolute atomic E-state index is 12.7. The number of piperidine rings is 1. The van der Waals surface area contributed by atoms with Gasteiger partial charge in [0.2, 0.25) is 0 Å². The van der Waals surface area contributed by atoms with Crippen molar-refractivity contribution in [3.63, 3.8) is 0 Å². The molecule has 0 unspecified atom stereocenters. The number of rotatable bonds is 1. The Hall–Kier alpha value is -0.871. The van der Waals surface area contributed by atoms with E-state index in [1.54, 1.807) is 0 Å². The molecule has 0 atom stereocenters. The van der Waals surface area contributed by atoms with Crippen LogP contribution in [-0.4, -0.2) is 39.6 Å². The Kier molecular flexibility index (Phi) is 3.45. The molecule has 2 heterocycles. The van der Waals surface area contributed by atoms with Crippen LogP contribution in [0.1, 0.15) is 46.6 Å². The first-order valence-electron chi connectivity index (χ1n) is 7.32. The van der Waals surface area contributed by atoms with Crippen molar-refractivity contribution < 1.29 is 5.21 Å². The summed E-state index contributed by atoms with van der Waals surface area (Å²) in [7, 11) is 0. The maximum atomic E-state index is 12.7. The molecule has 1 aromatic carbocycles. The van der Waals surface area contributed by atoms with E-state index in [9.17, 15) is 10.0 Å². The van der Waals surface area contributed by atoms with Crippen LogP contribution in [0.5, 0.6) is 0 Å².